The van der Waals surface area contributed by atoms with Gasteiger partial charge in [0.05, 0.1) is 16.9 Å². The van der Waals surface area contributed by atoms with E-state index in [-0.39, 0.29) is 17.7 Å². The molecule has 0 atom stereocenters. The molecule has 1 aromatic heterocycles. The van der Waals surface area contributed by atoms with Gasteiger partial charge in [-0.1, -0.05) is 12.1 Å². The van der Waals surface area contributed by atoms with Crippen LogP contribution in [0.15, 0.2) is 53.9 Å². The fourth-order valence-corrected chi connectivity index (χ4v) is 3.09. The van der Waals surface area contributed by atoms with E-state index in [0.717, 1.165) is 11.0 Å². The predicted octanol–water partition coefficient (Wildman–Crippen LogP) is 3.56. The number of nitrogens with zero attached hydrogens (tertiary/aromatic N) is 3. The van der Waals surface area contributed by atoms with Gasteiger partial charge in [-0.25, -0.2) is 8.78 Å². The number of carbonyl (C=O) groups excluding carboxylic acids is 2. The Hall–Kier alpha value is -3.27. The van der Waals surface area contributed by atoms with Crippen LogP contribution < -0.4 is 10.6 Å². The van der Waals surface area contributed by atoms with E-state index in [0.29, 0.717) is 18.3 Å². The van der Waals surface area contributed by atoms with Crippen LogP contribution in [-0.2, 0) is 11.3 Å². The van der Waals surface area contributed by atoms with Crippen LogP contribution in [0.25, 0.3) is 0 Å². The van der Waals surface area contributed by atoms with Gasteiger partial charge in [0.2, 0.25) is 5.91 Å². The highest BCUT2D eigenvalue weighted by atomic mass is 32.2. The number of amides is 2. The molecule has 3 aromatic rings. The third-order valence-electron chi connectivity index (χ3n) is 3.99. The summed E-state index contributed by atoms with van der Waals surface area (Å²) in [6.45, 7) is 0.292. The smallest absolute Gasteiger partial charge is 0.258 e. The number of rotatable bonds is 7. The molecular formula is C19H17F2N5O2S. The van der Waals surface area contributed by atoms with Crippen molar-refractivity contribution in [2.24, 2.45) is 0 Å². The fourth-order valence-electron chi connectivity index (χ4n) is 2.54. The number of nitrogens with one attached hydrogen (secondary N) is 2. The molecule has 0 saturated heterocycles. The van der Waals surface area contributed by atoms with Crippen molar-refractivity contribution in [2.75, 3.05) is 16.9 Å². The molecule has 0 spiro atoms. The number of aryl methyl sites for hydroxylation is 1. The lowest BCUT2D eigenvalue weighted by molar-refractivity contribution is -0.116. The average Bonchev–Trinajstić information content (AvgIpc) is 3.22. The van der Waals surface area contributed by atoms with E-state index < -0.39 is 23.4 Å². The first-order valence-electron chi connectivity index (χ1n) is 8.53. The van der Waals surface area contributed by atoms with Crippen molar-refractivity contribution in [3.8, 4) is 0 Å². The zero-order chi connectivity index (χ0) is 20.8. The quantitative estimate of drug-likeness (QED) is 0.574. The Balaban J connectivity index is 1.74. The highest BCUT2D eigenvalue weighted by Crippen LogP contribution is 2.26. The topological polar surface area (TPSA) is 88.9 Å². The number of benzene rings is 2. The minimum absolute atomic E-state index is 0.0253. The molecule has 10 heteroatoms. The maximum absolute atomic E-state index is 14.2. The van der Waals surface area contributed by atoms with Crippen LogP contribution in [-0.4, -0.2) is 32.8 Å². The van der Waals surface area contributed by atoms with E-state index in [9.17, 15) is 18.4 Å². The Morgan fingerprint density at radius 1 is 1.03 bits per heavy atom. The van der Waals surface area contributed by atoms with Crippen LogP contribution in [0.4, 0.5) is 20.2 Å². The van der Waals surface area contributed by atoms with Crippen molar-refractivity contribution in [2.45, 2.75) is 17.9 Å². The molecule has 0 aliphatic heterocycles. The summed E-state index contributed by atoms with van der Waals surface area (Å²) < 4.78 is 29.9. The highest BCUT2D eigenvalue weighted by molar-refractivity contribution is 7.98. The molecule has 2 amide bonds. The third-order valence-corrected chi connectivity index (χ3v) is 4.79. The predicted molar refractivity (Wildman–Crippen MR) is 106 cm³/mol. The number of anilines is 2. The van der Waals surface area contributed by atoms with Gasteiger partial charge < -0.3 is 15.2 Å². The van der Waals surface area contributed by atoms with Gasteiger partial charge in [0.25, 0.3) is 5.91 Å². The molecule has 150 valence electrons. The summed E-state index contributed by atoms with van der Waals surface area (Å²) in [7, 11) is 0. The minimum Gasteiger partial charge on any atom is -0.324 e. The summed E-state index contributed by atoms with van der Waals surface area (Å²) in [6.07, 6.45) is 4.76. The van der Waals surface area contributed by atoms with E-state index in [1.54, 1.807) is 16.7 Å². The van der Waals surface area contributed by atoms with E-state index in [1.165, 1.54) is 24.4 Å². The molecule has 3 rings (SSSR count). The highest BCUT2D eigenvalue weighted by Gasteiger charge is 2.18. The normalized spacial score (nSPS) is 10.6. The first-order valence-corrected chi connectivity index (χ1v) is 9.76. The Morgan fingerprint density at radius 2 is 1.76 bits per heavy atom. The van der Waals surface area contributed by atoms with Crippen molar-refractivity contribution < 1.29 is 18.4 Å². The molecule has 0 radical (unpaired) electrons. The molecule has 1 heterocycles. The molecule has 7 nitrogen and oxygen atoms in total. The van der Waals surface area contributed by atoms with Crippen molar-refractivity contribution >= 4 is 35.0 Å². The van der Waals surface area contributed by atoms with Gasteiger partial charge in [-0.2, -0.15) is 0 Å². The number of hydrogen-bond donors (Lipinski definition) is 2. The number of aromatic nitrogens is 3. The largest absolute Gasteiger partial charge is 0.324 e. The summed E-state index contributed by atoms with van der Waals surface area (Å²) in [6, 6.07) is 8.59. The van der Waals surface area contributed by atoms with Crippen LogP contribution >= 0.6 is 11.8 Å². The van der Waals surface area contributed by atoms with E-state index >= 15 is 0 Å². The zero-order valence-corrected chi connectivity index (χ0v) is 16.2. The molecule has 0 bridgehead atoms. The van der Waals surface area contributed by atoms with Crippen molar-refractivity contribution in [1.82, 2.24) is 14.8 Å². The SMILES string of the molecule is CSc1ccccc1NC(=O)c1cc(NC(=O)CCn2cnnc2)c(F)cc1F. The van der Waals surface area contributed by atoms with Crippen LogP contribution in [0, 0.1) is 11.6 Å². The molecule has 0 fully saturated rings. The van der Waals surface area contributed by atoms with Gasteiger partial charge in [-0.15, -0.1) is 22.0 Å². The lowest BCUT2D eigenvalue weighted by Crippen LogP contribution is -2.18. The van der Waals surface area contributed by atoms with Crippen molar-refractivity contribution in [3.63, 3.8) is 0 Å². The molecule has 0 saturated carbocycles. The van der Waals surface area contributed by atoms with Gasteiger partial charge in [0, 0.05) is 23.9 Å². The lowest BCUT2D eigenvalue weighted by Gasteiger charge is -2.12. The lowest BCUT2D eigenvalue weighted by atomic mass is 10.1. The molecule has 0 aliphatic carbocycles. The average molecular weight is 417 g/mol. The molecule has 2 aromatic carbocycles. The molecular weight excluding hydrogens is 400 g/mol. The Kier molecular flexibility index (Phi) is 6.55. The van der Waals surface area contributed by atoms with E-state index in [4.69, 9.17) is 0 Å². The summed E-state index contributed by atoms with van der Waals surface area (Å²) in [5.74, 6) is -3.24. The number of para-hydroxylation sites is 1. The summed E-state index contributed by atoms with van der Waals surface area (Å²) in [4.78, 5) is 25.4. The van der Waals surface area contributed by atoms with Crippen LogP contribution in [0.3, 0.4) is 0 Å². The second-order valence-corrected chi connectivity index (χ2v) is 6.81. The van der Waals surface area contributed by atoms with Gasteiger partial charge in [0.15, 0.2) is 0 Å². The Bertz CT molecular complexity index is 1030. The molecule has 0 aliphatic rings. The maximum atomic E-state index is 14.2. The molecule has 29 heavy (non-hydrogen) atoms. The standard InChI is InChI=1S/C19H17F2N5O2S/c1-29-17-5-3-2-4-15(17)25-19(28)12-8-16(14(21)9-13(12)20)24-18(27)6-7-26-10-22-23-11-26/h2-5,8-11H,6-7H2,1H3,(H,24,27)(H,25,28). The van der Waals surface area contributed by atoms with Crippen LogP contribution in [0.2, 0.25) is 0 Å². The third kappa shape index (κ3) is 5.17. The zero-order valence-electron chi connectivity index (χ0n) is 15.4. The van der Waals surface area contributed by atoms with Gasteiger partial charge >= 0.3 is 0 Å². The molecule has 2 N–H and O–H groups in total. The number of carbonyl (C=O) groups is 2. The summed E-state index contributed by atoms with van der Waals surface area (Å²) in [5, 5.41) is 12.2. The first kappa shape index (κ1) is 20.5. The molecule has 0 unspecified atom stereocenters. The number of hydrogen-bond acceptors (Lipinski definition) is 5. The van der Waals surface area contributed by atoms with Crippen LogP contribution in [0.5, 0.6) is 0 Å². The fraction of sp³-hybridized carbons (Fsp3) is 0.158. The Morgan fingerprint density at radius 3 is 2.48 bits per heavy atom. The van der Waals surface area contributed by atoms with Gasteiger partial charge in [-0.3, -0.25) is 9.59 Å². The number of halogens is 2. The van der Waals surface area contributed by atoms with Gasteiger partial charge in [0.1, 0.15) is 24.3 Å². The van der Waals surface area contributed by atoms with E-state index in [2.05, 4.69) is 20.8 Å². The van der Waals surface area contributed by atoms with E-state index in [1.807, 2.05) is 18.4 Å². The second kappa shape index (κ2) is 9.28. The van der Waals surface area contributed by atoms with Gasteiger partial charge in [-0.05, 0) is 24.5 Å². The summed E-state index contributed by atoms with van der Waals surface area (Å²) in [5.41, 5.74) is -0.145. The van der Waals surface area contributed by atoms with Crippen molar-refractivity contribution in [3.05, 3.63) is 66.3 Å². The second-order valence-electron chi connectivity index (χ2n) is 5.96. The summed E-state index contributed by atoms with van der Waals surface area (Å²) >= 11 is 1.42. The van der Waals surface area contributed by atoms with Crippen LogP contribution in [0.1, 0.15) is 16.8 Å². The first-order chi connectivity index (χ1) is 14.0. The maximum Gasteiger partial charge on any atom is 0.258 e. The Labute approximate surface area is 169 Å². The van der Waals surface area contributed by atoms with Crippen molar-refractivity contribution in [1.29, 1.82) is 0 Å². The number of thioether (sulfide) groups is 1. The minimum atomic E-state index is -1.02. The monoisotopic (exact) mass is 417 g/mol.